The molecule has 0 aromatic carbocycles. The minimum Gasteiger partial charge on any atom is -0.313 e. The van der Waals surface area contributed by atoms with Gasteiger partial charge < -0.3 is 5.32 Å². The number of sulfone groups is 1. The Hall–Kier alpha value is -0.300. The number of halogens is 3. The molecule has 0 aromatic heterocycles. The Kier molecular flexibility index (Phi) is 5.46. The monoisotopic (exact) mass is 275 g/mol. The maximum atomic E-state index is 12.2. The molecule has 1 N–H and O–H groups in total. The fraction of sp³-hybridized carbons (Fsp3) is 1.00. The van der Waals surface area contributed by atoms with Gasteiger partial charge in [0.1, 0.15) is 0 Å². The van der Waals surface area contributed by atoms with E-state index in [0.29, 0.717) is 6.54 Å². The molecule has 0 aliphatic rings. The van der Waals surface area contributed by atoms with Gasteiger partial charge in [0.25, 0.3) is 0 Å². The van der Waals surface area contributed by atoms with Crippen molar-refractivity contribution in [1.82, 2.24) is 5.32 Å². The summed E-state index contributed by atoms with van der Waals surface area (Å²) in [5.74, 6) is 0. The van der Waals surface area contributed by atoms with E-state index in [1.165, 1.54) is 13.8 Å². The molecule has 0 bridgehead atoms. The Morgan fingerprint density at radius 2 is 1.71 bits per heavy atom. The van der Waals surface area contributed by atoms with E-state index in [1.54, 1.807) is 6.92 Å². The van der Waals surface area contributed by atoms with Crippen molar-refractivity contribution < 1.29 is 21.6 Å². The van der Waals surface area contributed by atoms with E-state index in [-0.39, 0.29) is 6.42 Å². The molecule has 0 aliphatic heterocycles. The first-order valence-electron chi connectivity index (χ1n) is 5.41. The molecule has 3 nitrogen and oxygen atoms in total. The average Bonchev–Trinajstić information content (AvgIpc) is 2.08. The first-order chi connectivity index (χ1) is 7.42. The Labute approximate surface area is 101 Å². The standard InChI is InChI=1S/C10H20F3NO2S/c1-5-14-8(6-7-10(11,12)13)9(2,3)17(4,15)16/h8,14H,5-7H2,1-4H3. The number of hydrogen-bond acceptors (Lipinski definition) is 3. The van der Waals surface area contributed by atoms with Crippen LogP contribution in [0.25, 0.3) is 0 Å². The highest BCUT2D eigenvalue weighted by Gasteiger charge is 2.40. The van der Waals surface area contributed by atoms with Gasteiger partial charge in [0.2, 0.25) is 0 Å². The van der Waals surface area contributed by atoms with Crippen LogP contribution >= 0.6 is 0 Å². The summed E-state index contributed by atoms with van der Waals surface area (Å²) in [4.78, 5) is 0. The van der Waals surface area contributed by atoms with Crippen LogP contribution in [0, 0.1) is 0 Å². The van der Waals surface area contributed by atoms with E-state index in [0.717, 1.165) is 6.26 Å². The van der Waals surface area contributed by atoms with Crippen LogP contribution in [0.15, 0.2) is 0 Å². The van der Waals surface area contributed by atoms with Crippen LogP contribution in [-0.4, -0.2) is 38.2 Å². The molecule has 0 radical (unpaired) electrons. The maximum absolute atomic E-state index is 12.2. The van der Waals surface area contributed by atoms with Gasteiger partial charge >= 0.3 is 6.18 Å². The highest BCUT2D eigenvalue weighted by Crippen LogP contribution is 2.28. The molecule has 104 valence electrons. The molecule has 1 unspecified atom stereocenters. The van der Waals surface area contributed by atoms with E-state index in [4.69, 9.17) is 0 Å². The van der Waals surface area contributed by atoms with Gasteiger partial charge in [-0.15, -0.1) is 0 Å². The van der Waals surface area contributed by atoms with E-state index < -0.39 is 33.2 Å². The van der Waals surface area contributed by atoms with Gasteiger partial charge in [0.15, 0.2) is 9.84 Å². The molecule has 0 heterocycles. The molecule has 1 atom stereocenters. The molecular weight excluding hydrogens is 255 g/mol. The molecule has 0 fully saturated rings. The van der Waals surface area contributed by atoms with Gasteiger partial charge in [0.05, 0.1) is 4.75 Å². The van der Waals surface area contributed by atoms with Crippen LogP contribution in [0.4, 0.5) is 13.2 Å². The largest absolute Gasteiger partial charge is 0.389 e. The van der Waals surface area contributed by atoms with Gasteiger partial charge in [-0.1, -0.05) is 6.92 Å². The Morgan fingerprint density at radius 1 is 1.24 bits per heavy atom. The second kappa shape index (κ2) is 5.56. The Morgan fingerprint density at radius 3 is 2.00 bits per heavy atom. The molecule has 0 aliphatic carbocycles. The first-order valence-corrected chi connectivity index (χ1v) is 7.30. The van der Waals surface area contributed by atoms with Crippen molar-refractivity contribution in [2.24, 2.45) is 0 Å². The van der Waals surface area contributed by atoms with Crippen molar-refractivity contribution in [3.8, 4) is 0 Å². The summed E-state index contributed by atoms with van der Waals surface area (Å²) in [5.41, 5.74) is 0. The zero-order valence-electron chi connectivity index (χ0n) is 10.6. The summed E-state index contributed by atoms with van der Waals surface area (Å²) < 4.78 is 58.4. The van der Waals surface area contributed by atoms with Crippen molar-refractivity contribution in [3.63, 3.8) is 0 Å². The summed E-state index contributed by atoms with van der Waals surface area (Å²) in [6, 6.07) is -0.705. The van der Waals surface area contributed by atoms with Gasteiger partial charge in [-0.3, -0.25) is 0 Å². The molecule has 7 heteroatoms. The zero-order chi connectivity index (χ0) is 13.9. The predicted molar refractivity (Wildman–Crippen MR) is 61.7 cm³/mol. The lowest BCUT2D eigenvalue weighted by Crippen LogP contribution is -2.51. The second-order valence-electron chi connectivity index (χ2n) is 4.64. The third kappa shape index (κ3) is 5.25. The Bertz CT molecular complexity index is 336. The lowest BCUT2D eigenvalue weighted by atomic mass is 9.98. The van der Waals surface area contributed by atoms with Crippen LogP contribution in [0.3, 0.4) is 0 Å². The lowest BCUT2D eigenvalue weighted by molar-refractivity contribution is -0.137. The molecule has 0 amide bonds. The van der Waals surface area contributed by atoms with Crippen LogP contribution in [-0.2, 0) is 9.84 Å². The minimum absolute atomic E-state index is 0.239. The van der Waals surface area contributed by atoms with Crippen LogP contribution in [0.2, 0.25) is 0 Å². The van der Waals surface area contributed by atoms with Crippen molar-refractivity contribution in [3.05, 3.63) is 0 Å². The predicted octanol–water partition coefficient (Wildman–Crippen LogP) is 2.13. The average molecular weight is 275 g/mol. The maximum Gasteiger partial charge on any atom is 0.389 e. The van der Waals surface area contributed by atoms with E-state index >= 15 is 0 Å². The normalized spacial score (nSPS) is 15.9. The summed E-state index contributed by atoms with van der Waals surface area (Å²) >= 11 is 0. The minimum atomic E-state index is -4.26. The summed E-state index contributed by atoms with van der Waals surface area (Å²) in [7, 11) is -3.42. The molecule has 0 spiro atoms. The van der Waals surface area contributed by atoms with Crippen molar-refractivity contribution in [2.45, 2.75) is 50.6 Å². The fourth-order valence-corrected chi connectivity index (χ4v) is 2.23. The third-order valence-corrected chi connectivity index (χ3v) is 5.16. The van der Waals surface area contributed by atoms with E-state index in [1.807, 2.05) is 0 Å². The molecular formula is C10H20F3NO2S. The number of alkyl halides is 3. The van der Waals surface area contributed by atoms with Crippen LogP contribution in [0.5, 0.6) is 0 Å². The fourth-order valence-electron chi connectivity index (χ4n) is 1.51. The summed E-state index contributed by atoms with van der Waals surface area (Å²) in [6.07, 6.45) is -4.44. The highest BCUT2D eigenvalue weighted by atomic mass is 32.2. The quantitative estimate of drug-likeness (QED) is 0.807. The van der Waals surface area contributed by atoms with Gasteiger partial charge in [0, 0.05) is 18.7 Å². The van der Waals surface area contributed by atoms with Gasteiger partial charge in [-0.25, -0.2) is 8.42 Å². The molecule has 0 aromatic rings. The van der Waals surface area contributed by atoms with E-state index in [9.17, 15) is 21.6 Å². The first kappa shape index (κ1) is 16.7. The van der Waals surface area contributed by atoms with Crippen molar-refractivity contribution >= 4 is 9.84 Å². The number of rotatable bonds is 6. The highest BCUT2D eigenvalue weighted by molar-refractivity contribution is 7.92. The molecule has 0 saturated carbocycles. The molecule has 0 saturated heterocycles. The third-order valence-electron chi connectivity index (χ3n) is 2.96. The second-order valence-corrected chi connectivity index (χ2v) is 7.24. The lowest BCUT2D eigenvalue weighted by Gasteiger charge is -2.33. The van der Waals surface area contributed by atoms with Crippen molar-refractivity contribution in [1.29, 1.82) is 0 Å². The molecule has 0 rings (SSSR count). The number of nitrogens with one attached hydrogen (secondary N) is 1. The molecule has 17 heavy (non-hydrogen) atoms. The smallest absolute Gasteiger partial charge is 0.313 e. The number of hydrogen-bond donors (Lipinski definition) is 1. The van der Waals surface area contributed by atoms with Crippen molar-refractivity contribution in [2.75, 3.05) is 12.8 Å². The Balaban J connectivity index is 4.86. The van der Waals surface area contributed by atoms with Crippen LogP contribution in [0.1, 0.15) is 33.6 Å². The van der Waals surface area contributed by atoms with E-state index in [2.05, 4.69) is 5.32 Å². The summed E-state index contributed by atoms with van der Waals surface area (Å²) in [5, 5.41) is 2.82. The SMILES string of the molecule is CCNC(CCC(F)(F)F)C(C)(C)S(C)(=O)=O. The zero-order valence-corrected chi connectivity index (χ0v) is 11.4. The van der Waals surface area contributed by atoms with Gasteiger partial charge in [-0.2, -0.15) is 13.2 Å². The summed E-state index contributed by atoms with van der Waals surface area (Å²) in [6.45, 7) is 5.07. The topological polar surface area (TPSA) is 46.2 Å². The van der Waals surface area contributed by atoms with Crippen LogP contribution < -0.4 is 5.32 Å². The van der Waals surface area contributed by atoms with Gasteiger partial charge in [-0.05, 0) is 26.8 Å².